The van der Waals surface area contributed by atoms with Crippen LogP contribution in [0, 0.1) is 0 Å². The molecule has 0 radical (unpaired) electrons. The highest BCUT2D eigenvalue weighted by molar-refractivity contribution is 5.92. The first kappa shape index (κ1) is 29.8. The average Bonchev–Trinajstić information content (AvgIpc) is 3.16. The second-order valence-corrected chi connectivity index (χ2v) is 12.1. The first-order valence-electron chi connectivity index (χ1n) is 16.4. The lowest BCUT2D eigenvalue weighted by molar-refractivity contribution is 0.477. The molecule has 3 heteroatoms. The molecule has 2 N–H and O–H groups in total. The SMILES string of the molecule is Oc1ccccc1-c1ccc(-c2cccc(N(c3cccc(-c4ccc5ccccc5c4)c3)c3ccccc3-c3ccccc3O)c2)cc1. The second-order valence-electron chi connectivity index (χ2n) is 12.1. The molecule has 0 saturated carbocycles. The van der Waals surface area contributed by atoms with Crippen LogP contribution in [0.15, 0.2) is 188 Å². The molecule has 49 heavy (non-hydrogen) atoms. The van der Waals surface area contributed by atoms with Crippen LogP contribution in [0.5, 0.6) is 11.5 Å². The highest BCUT2D eigenvalue weighted by Crippen LogP contribution is 2.44. The van der Waals surface area contributed by atoms with Gasteiger partial charge in [-0.05, 0) is 87.1 Å². The lowest BCUT2D eigenvalue weighted by atomic mass is 9.97. The number of nitrogens with zero attached hydrogens (tertiary/aromatic N) is 1. The van der Waals surface area contributed by atoms with Gasteiger partial charge in [0.15, 0.2) is 0 Å². The van der Waals surface area contributed by atoms with E-state index in [0.29, 0.717) is 0 Å². The van der Waals surface area contributed by atoms with Gasteiger partial charge in [0.1, 0.15) is 11.5 Å². The van der Waals surface area contributed by atoms with Crippen LogP contribution in [0.1, 0.15) is 0 Å². The second kappa shape index (κ2) is 12.9. The third-order valence-electron chi connectivity index (χ3n) is 9.06. The molecular formula is C46H33NO2. The highest BCUT2D eigenvalue weighted by atomic mass is 16.3. The van der Waals surface area contributed by atoms with E-state index in [1.165, 1.54) is 10.8 Å². The van der Waals surface area contributed by atoms with Gasteiger partial charge in [0.25, 0.3) is 0 Å². The zero-order chi connectivity index (χ0) is 33.2. The van der Waals surface area contributed by atoms with Gasteiger partial charge in [0, 0.05) is 28.1 Å². The van der Waals surface area contributed by atoms with Crippen molar-refractivity contribution < 1.29 is 10.2 Å². The predicted octanol–water partition coefficient (Wildman–Crippen LogP) is 12.4. The van der Waals surface area contributed by atoms with E-state index in [9.17, 15) is 10.2 Å². The Morgan fingerprint density at radius 3 is 1.47 bits per heavy atom. The number of phenols is 2. The van der Waals surface area contributed by atoms with Crippen LogP contribution in [0.2, 0.25) is 0 Å². The summed E-state index contributed by atoms with van der Waals surface area (Å²) in [5.41, 5.74) is 10.8. The van der Waals surface area contributed by atoms with Gasteiger partial charge in [-0.15, -0.1) is 0 Å². The van der Waals surface area contributed by atoms with Gasteiger partial charge < -0.3 is 15.1 Å². The summed E-state index contributed by atoms with van der Waals surface area (Å²) in [7, 11) is 0. The van der Waals surface area contributed by atoms with Crippen molar-refractivity contribution in [3.8, 4) is 56.0 Å². The molecule has 0 spiro atoms. The van der Waals surface area contributed by atoms with Gasteiger partial charge >= 0.3 is 0 Å². The molecule has 3 nitrogen and oxygen atoms in total. The molecule has 0 fully saturated rings. The molecule has 8 aromatic carbocycles. The fraction of sp³-hybridized carbons (Fsp3) is 0. The third-order valence-corrected chi connectivity index (χ3v) is 9.06. The van der Waals surface area contributed by atoms with E-state index >= 15 is 0 Å². The Kier molecular flexibility index (Phi) is 7.85. The topological polar surface area (TPSA) is 43.7 Å². The Morgan fingerprint density at radius 1 is 0.306 bits per heavy atom. The molecule has 0 heterocycles. The Balaban J connectivity index is 1.26. The number of benzene rings is 8. The summed E-state index contributed by atoms with van der Waals surface area (Å²) in [6.07, 6.45) is 0. The van der Waals surface area contributed by atoms with Crippen LogP contribution >= 0.6 is 0 Å². The molecule has 8 rings (SSSR count). The molecule has 0 bridgehead atoms. The summed E-state index contributed by atoms with van der Waals surface area (Å²) in [5, 5.41) is 23.8. The number of phenolic OH excluding ortho intramolecular Hbond substituents is 2. The molecule has 0 unspecified atom stereocenters. The first-order valence-corrected chi connectivity index (χ1v) is 16.4. The largest absolute Gasteiger partial charge is 0.507 e. The maximum Gasteiger partial charge on any atom is 0.123 e. The van der Waals surface area contributed by atoms with Gasteiger partial charge in [-0.2, -0.15) is 0 Å². The molecule has 0 aliphatic heterocycles. The molecule has 0 atom stereocenters. The number of rotatable bonds is 7. The Bertz CT molecular complexity index is 2430. The zero-order valence-electron chi connectivity index (χ0n) is 26.7. The van der Waals surface area contributed by atoms with E-state index in [4.69, 9.17) is 0 Å². The van der Waals surface area contributed by atoms with Gasteiger partial charge in [-0.1, -0.05) is 140 Å². The Hall–Kier alpha value is -6.58. The summed E-state index contributed by atoms with van der Waals surface area (Å²) in [5.74, 6) is 0.500. The normalized spacial score (nSPS) is 11.0. The van der Waals surface area contributed by atoms with Crippen LogP contribution in [-0.2, 0) is 0 Å². The summed E-state index contributed by atoms with van der Waals surface area (Å²) in [6.45, 7) is 0. The van der Waals surface area contributed by atoms with Crippen molar-refractivity contribution in [1.29, 1.82) is 0 Å². The van der Waals surface area contributed by atoms with E-state index in [2.05, 4.69) is 132 Å². The van der Waals surface area contributed by atoms with Crippen LogP contribution < -0.4 is 4.90 Å². The fourth-order valence-electron chi connectivity index (χ4n) is 6.60. The van der Waals surface area contributed by atoms with Crippen molar-refractivity contribution in [3.63, 3.8) is 0 Å². The van der Waals surface area contributed by atoms with Gasteiger partial charge in [-0.25, -0.2) is 0 Å². The van der Waals surface area contributed by atoms with Crippen molar-refractivity contribution >= 4 is 27.8 Å². The van der Waals surface area contributed by atoms with Gasteiger partial charge in [0.05, 0.1) is 5.69 Å². The minimum Gasteiger partial charge on any atom is -0.507 e. The molecule has 0 amide bonds. The highest BCUT2D eigenvalue weighted by Gasteiger charge is 2.19. The number of hydrogen-bond acceptors (Lipinski definition) is 3. The minimum absolute atomic E-state index is 0.234. The van der Waals surface area contributed by atoms with Crippen molar-refractivity contribution in [3.05, 3.63) is 188 Å². The standard InChI is InChI=1S/C46H33NO2/c48-45-21-7-4-17-41(45)34-26-23-33(24-27-34)36-13-9-15-39(30-36)47(44-20-6-3-18-42(44)43-19-5-8-22-46(43)49)40-16-10-14-37(31-40)38-28-25-32-11-1-2-12-35(32)29-38/h1-31,48-49H. The van der Waals surface area contributed by atoms with Crippen molar-refractivity contribution in [2.24, 2.45) is 0 Å². The van der Waals surface area contributed by atoms with Gasteiger partial charge in [-0.3, -0.25) is 0 Å². The van der Waals surface area contributed by atoms with E-state index in [-0.39, 0.29) is 11.5 Å². The molecule has 8 aromatic rings. The number of anilines is 3. The lowest BCUT2D eigenvalue weighted by Crippen LogP contribution is -2.11. The average molecular weight is 632 g/mol. The fourth-order valence-corrected chi connectivity index (χ4v) is 6.60. The van der Waals surface area contributed by atoms with Crippen molar-refractivity contribution in [2.75, 3.05) is 4.90 Å². The molecule has 0 aromatic heterocycles. The molecule has 0 saturated heterocycles. The zero-order valence-corrected chi connectivity index (χ0v) is 26.7. The summed E-state index contributed by atoms with van der Waals surface area (Å²) >= 11 is 0. The number of para-hydroxylation sites is 3. The third kappa shape index (κ3) is 5.90. The molecule has 234 valence electrons. The van der Waals surface area contributed by atoms with Crippen LogP contribution in [0.3, 0.4) is 0 Å². The number of hydrogen-bond donors (Lipinski definition) is 2. The van der Waals surface area contributed by atoms with Crippen LogP contribution in [0.4, 0.5) is 17.1 Å². The summed E-state index contributed by atoms with van der Waals surface area (Å²) in [4.78, 5) is 2.27. The molecule has 0 aliphatic rings. The van der Waals surface area contributed by atoms with Gasteiger partial charge in [0.2, 0.25) is 0 Å². The molecular weight excluding hydrogens is 599 g/mol. The summed E-state index contributed by atoms with van der Waals surface area (Å²) < 4.78 is 0. The monoisotopic (exact) mass is 631 g/mol. The van der Waals surface area contributed by atoms with Crippen molar-refractivity contribution in [1.82, 2.24) is 0 Å². The van der Waals surface area contributed by atoms with E-state index in [1.807, 2.05) is 48.5 Å². The van der Waals surface area contributed by atoms with Crippen LogP contribution in [0.25, 0.3) is 55.3 Å². The van der Waals surface area contributed by atoms with E-state index in [0.717, 1.165) is 61.6 Å². The van der Waals surface area contributed by atoms with E-state index < -0.39 is 0 Å². The quantitative estimate of drug-likeness (QED) is 0.184. The number of fused-ring (bicyclic) bond motifs is 1. The number of aromatic hydroxyl groups is 2. The Morgan fingerprint density at radius 2 is 0.796 bits per heavy atom. The van der Waals surface area contributed by atoms with E-state index in [1.54, 1.807) is 12.1 Å². The predicted molar refractivity (Wildman–Crippen MR) is 204 cm³/mol. The molecule has 0 aliphatic carbocycles. The maximum absolute atomic E-state index is 11.0. The summed E-state index contributed by atoms with van der Waals surface area (Å²) in [6, 6.07) is 63.6. The Labute approximate surface area is 286 Å². The smallest absolute Gasteiger partial charge is 0.123 e. The maximum atomic E-state index is 11.0. The minimum atomic E-state index is 0.234. The lowest BCUT2D eigenvalue weighted by Gasteiger charge is -2.29. The van der Waals surface area contributed by atoms with Crippen molar-refractivity contribution in [2.45, 2.75) is 0 Å². The first-order chi connectivity index (χ1) is 24.1. The van der Waals surface area contributed by atoms with Crippen LogP contribution in [-0.4, -0.2) is 10.2 Å².